The topological polar surface area (TPSA) is 15.3 Å². The van der Waals surface area contributed by atoms with Gasteiger partial charge >= 0.3 is 0 Å². The second-order valence-corrected chi connectivity index (χ2v) is 6.67. The average Bonchev–Trinajstić information content (AvgIpc) is 2.42. The number of hydrogen-bond donors (Lipinski definition) is 1. The van der Waals surface area contributed by atoms with Gasteiger partial charge in [-0.2, -0.15) is 0 Å². The highest BCUT2D eigenvalue weighted by atomic mass is 35.5. The zero-order chi connectivity index (χ0) is 14.4. The van der Waals surface area contributed by atoms with Crippen LogP contribution < -0.4 is 5.32 Å². The fourth-order valence-electron chi connectivity index (χ4n) is 3.52. The molecule has 1 fully saturated rings. The molecule has 0 amide bonds. The zero-order valence-electron chi connectivity index (χ0n) is 12.8. The Bertz CT molecular complexity index is 408. The number of benzene rings is 1. The molecule has 0 spiro atoms. The lowest BCUT2D eigenvalue weighted by Crippen LogP contribution is -2.43. The van der Waals surface area contributed by atoms with Gasteiger partial charge < -0.3 is 10.2 Å². The van der Waals surface area contributed by atoms with Crippen molar-refractivity contribution >= 4 is 11.6 Å². The SMILES string of the molecule is CCCC1(CN(C)Cc2ccccc2Cl)CCNCC1. The maximum Gasteiger partial charge on any atom is 0.0451 e. The Labute approximate surface area is 128 Å². The molecule has 1 aliphatic heterocycles. The van der Waals surface area contributed by atoms with Gasteiger partial charge in [0.25, 0.3) is 0 Å². The van der Waals surface area contributed by atoms with Crippen molar-refractivity contribution in [2.24, 2.45) is 5.41 Å². The van der Waals surface area contributed by atoms with Gasteiger partial charge in [0.2, 0.25) is 0 Å². The quantitative estimate of drug-likeness (QED) is 0.855. The largest absolute Gasteiger partial charge is 0.317 e. The standard InChI is InChI=1S/C17H27ClN2/c1-3-8-17(9-11-19-12-10-17)14-20(2)13-15-6-4-5-7-16(15)18/h4-7,19H,3,8-14H2,1-2H3. The van der Waals surface area contributed by atoms with Crippen LogP contribution in [-0.2, 0) is 6.54 Å². The summed E-state index contributed by atoms with van der Waals surface area (Å²) < 4.78 is 0. The van der Waals surface area contributed by atoms with Crippen LogP contribution in [0, 0.1) is 5.41 Å². The molecule has 1 N–H and O–H groups in total. The number of rotatable bonds is 6. The summed E-state index contributed by atoms with van der Waals surface area (Å²) in [5.74, 6) is 0. The molecular weight excluding hydrogens is 268 g/mol. The van der Waals surface area contributed by atoms with Gasteiger partial charge in [-0.1, -0.05) is 43.1 Å². The van der Waals surface area contributed by atoms with Gasteiger partial charge in [-0.25, -0.2) is 0 Å². The van der Waals surface area contributed by atoms with E-state index >= 15 is 0 Å². The summed E-state index contributed by atoms with van der Waals surface area (Å²) >= 11 is 6.27. The van der Waals surface area contributed by atoms with Crippen LogP contribution in [0.1, 0.15) is 38.2 Å². The molecule has 2 rings (SSSR count). The Morgan fingerprint density at radius 2 is 1.95 bits per heavy atom. The molecule has 1 aromatic rings. The molecular formula is C17H27ClN2. The van der Waals surface area contributed by atoms with E-state index in [-0.39, 0.29) is 0 Å². The smallest absolute Gasteiger partial charge is 0.0451 e. The van der Waals surface area contributed by atoms with Crippen LogP contribution in [0.2, 0.25) is 5.02 Å². The Morgan fingerprint density at radius 1 is 1.25 bits per heavy atom. The molecule has 1 aliphatic rings. The number of piperidine rings is 1. The second-order valence-electron chi connectivity index (χ2n) is 6.26. The van der Waals surface area contributed by atoms with E-state index in [4.69, 9.17) is 11.6 Å². The molecule has 0 aromatic heterocycles. The third-order valence-corrected chi connectivity index (χ3v) is 4.82. The number of hydrogen-bond acceptors (Lipinski definition) is 2. The Balaban J connectivity index is 1.98. The van der Waals surface area contributed by atoms with Gasteiger partial charge in [0, 0.05) is 18.1 Å². The van der Waals surface area contributed by atoms with Crippen LogP contribution in [0.5, 0.6) is 0 Å². The molecule has 1 heterocycles. The second kappa shape index (κ2) is 7.44. The predicted octanol–water partition coefficient (Wildman–Crippen LogP) is 3.94. The molecule has 20 heavy (non-hydrogen) atoms. The Hall–Kier alpha value is -0.570. The van der Waals surface area contributed by atoms with Crippen molar-refractivity contribution in [2.75, 3.05) is 26.7 Å². The molecule has 1 saturated heterocycles. The minimum atomic E-state index is 0.496. The van der Waals surface area contributed by atoms with Gasteiger partial charge in [0.1, 0.15) is 0 Å². The molecule has 2 nitrogen and oxygen atoms in total. The highest BCUT2D eigenvalue weighted by Crippen LogP contribution is 2.35. The lowest BCUT2D eigenvalue weighted by molar-refractivity contribution is 0.112. The summed E-state index contributed by atoms with van der Waals surface area (Å²) in [5.41, 5.74) is 1.73. The van der Waals surface area contributed by atoms with Crippen LogP contribution in [-0.4, -0.2) is 31.6 Å². The van der Waals surface area contributed by atoms with E-state index in [0.717, 1.165) is 11.6 Å². The van der Waals surface area contributed by atoms with E-state index in [0.29, 0.717) is 5.41 Å². The summed E-state index contributed by atoms with van der Waals surface area (Å²) in [5, 5.41) is 4.37. The van der Waals surface area contributed by atoms with Gasteiger partial charge in [-0.05, 0) is 56.4 Å². The maximum atomic E-state index is 6.27. The summed E-state index contributed by atoms with van der Waals surface area (Å²) in [4.78, 5) is 2.45. The third kappa shape index (κ3) is 4.21. The first-order valence-corrected chi connectivity index (χ1v) is 8.16. The van der Waals surface area contributed by atoms with Crippen LogP contribution >= 0.6 is 11.6 Å². The molecule has 0 atom stereocenters. The molecule has 1 aromatic carbocycles. The summed E-state index contributed by atoms with van der Waals surface area (Å²) in [7, 11) is 2.22. The van der Waals surface area contributed by atoms with Gasteiger partial charge in [0.15, 0.2) is 0 Å². The Kier molecular flexibility index (Phi) is 5.88. The van der Waals surface area contributed by atoms with E-state index in [2.05, 4.69) is 36.3 Å². The van der Waals surface area contributed by atoms with E-state index in [9.17, 15) is 0 Å². The van der Waals surface area contributed by atoms with E-state index < -0.39 is 0 Å². The van der Waals surface area contributed by atoms with Crippen LogP contribution in [0.3, 0.4) is 0 Å². The van der Waals surface area contributed by atoms with E-state index in [1.54, 1.807) is 0 Å². The van der Waals surface area contributed by atoms with Crippen molar-refractivity contribution in [3.8, 4) is 0 Å². The fraction of sp³-hybridized carbons (Fsp3) is 0.647. The van der Waals surface area contributed by atoms with Crippen molar-refractivity contribution in [2.45, 2.75) is 39.2 Å². The van der Waals surface area contributed by atoms with Gasteiger partial charge in [-0.15, -0.1) is 0 Å². The molecule has 0 radical (unpaired) electrons. The molecule has 0 saturated carbocycles. The highest BCUT2D eigenvalue weighted by molar-refractivity contribution is 6.31. The zero-order valence-corrected chi connectivity index (χ0v) is 13.5. The first-order chi connectivity index (χ1) is 9.65. The van der Waals surface area contributed by atoms with Crippen LogP contribution in [0.15, 0.2) is 24.3 Å². The first-order valence-electron chi connectivity index (χ1n) is 7.78. The lowest BCUT2D eigenvalue weighted by Gasteiger charge is -2.40. The van der Waals surface area contributed by atoms with E-state index in [1.165, 1.54) is 50.9 Å². The molecule has 0 bridgehead atoms. The number of halogens is 1. The molecule has 3 heteroatoms. The minimum absolute atomic E-state index is 0.496. The first kappa shape index (κ1) is 15.8. The molecule has 0 unspecified atom stereocenters. The Morgan fingerprint density at radius 3 is 2.60 bits per heavy atom. The summed E-state index contributed by atoms with van der Waals surface area (Å²) in [6.07, 6.45) is 5.21. The fourth-order valence-corrected chi connectivity index (χ4v) is 3.72. The predicted molar refractivity (Wildman–Crippen MR) is 87.2 cm³/mol. The molecule has 112 valence electrons. The van der Waals surface area contributed by atoms with Gasteiger partial charge in [0.05, 0.1) is 0 Å². The summed E-state index contributed by atoms with van der Waals surface area (Å²) in [6.45, 7) is 6.75. The monoisotopic (exact) mass is 294 g/mol. The average molecular weight is 295 g/mol. The van der Waals surface area contributed by atoms with Gasteiger partial charge in [-0.3, -0.25) is 0 Å². The normalized spacial score (nSPS) is 18.4. The lowest BCUT2D eigenvalue weighted by atomic mass is 9.75. The third-order valence-electron chi connectivity index (χ3n) is 4.45. The number of nitrogens with zero attached hydrogens (tertiary/aromatic N) is 1. The molecule has 0 aliphatic carbocycles. The van der Waals surface area contributed by atoms with Crippen molar-refractivity contribution in [1.29, 1.82) is 0 Å². The van der Waals surface area contributed by atoms with Crippen molar-refractivity contribution < 1.29 is 0 Å². The van der Waals surface area contributed by atoms with Crippen molar-refractivity contribution in [3.63, 3.8) is 0 Å². The van der Waals surface area contributed by atoms with Crippen molar-refractivity contribution in [1.82, 2.24) is 10.2 Å². The van der Waals surface area contributed by atoms with Crippen molar-refractivity contribution in [3.05, 3.63) is 34.9 Å². The highest BCUT2D eigenvalue weighted by Gasteiger charge is 2.32. The summed E-state index contributed by atoms with van der Waals surface area (Å²) in [6, 6.07) is 8.18. The maximum absolute atomic E-state index is 6.27. The van der Waals surface area contributed by atoms with Crippen LogP contribution in [0.25, 0.3) is 0 Å². The number of nitrogens with one attached hydrogen (secondary N) is 1. The van der Waals surface area contributed by atoms with Crippen LogP contribution in [0.4, 0.5) is 0 Å². The van der Waals surface area contributed by atoms with E-state index in [1.807, 2.05) is 12.1 Å². The minimum Gasteiger partial charge on any atom is -0.317 e.